The number of rotatable bonds is 4. The van der Waals surface area contributed by atoms with Gasteiger partial charge < -0.3 is 10.1 Å². The summed E-state index contributed by atoms with van der Waals surface area (Å²) in [6.45, 7) is 2.05. The fourth-order valence-electron chi connectivity index (χ4n) is 3.41. The lowest BCUT2D eigenvalue weighted by molar-refractivity contribution is 0.0254. The number of anilines is 3. The van der Waals surface area contributed by atoms with Crippen molar-refractivity contribution in [2.45, 2.75) is 12.5 Å². The molecule has 4 rings (SSSR count). The first-order chi connectivity index (χ1) is 13.0. The maximum atomic E-state index is 14.6. The Kier molecular flexibility index (Phi) is 6.13. The lowest BCUT2D eigenvalue weighted by atomic mass is 10.2. The molecule has 0 bridgehead atoms. The predicted molar refractivity (Wildman–Crippen MR) is 109 cm³/mol. The van der Waals surface area contributed by atoms with Crippen LogP contribution in [-0.2, 0) is 14.9 Å². The Bertz CT molecular complexity index is 953. The van der Waals surface area contributed by atoms with E-state index in [1.165, 1.54) is 36.4 Å². The second-order valence-corrected chi connectivity index (χ2v) is 8.09. The van der Waals surface area contributed by atoms with Crippen molar-refractivity contribution in [3.8, 4) is 0 Å². The molecule has 0 spiro atoms. The lowest BCUT2D eigenvalue weighted by Gasteiger charge is -2.26. The molecule has 1 atom stereocenters. The van der Waals surface area contributed by atoms with E-state index in [0.29, 0.717) is 19.6 Å². The summed E-state index contributed by atoms with van der Waals surface area (Å²) >= 11 is 0. The zero-order chi connectivity index (χ0) is 19.0. The van der Waals surface area contributed by atoms with E-state index in [2.05, 4.69) is 5.32 Å². The highest BCUT2D eigenvalue weighted by atomic mass is 32.2. The second-order valence-electron chi connectivity index (χ2n) is 6.39. The van der Waals surface area contributed by atoms with E-state index in [0.717, 1.165) is 21.2 Å². The van der Waals surface area contributed by atoms with Crippen molar-refractivity contribution in [3.63, 3.8) is 0 Å². The van der Waals surface area contributed by atoms with Crippen molar-refractivity contribution in [1.29, 1.82) is 0 Å². The van der Waals surface area contributed by atoms with E-state index in [1.807, 2.05) is 0 Å². The van der Waals surface area contributed by atoms with Crippen molar-refractivity contribution >= 4 is 40.8 Å². The quantitative estimate of drug-likeness (QED) is 0.812. The number of ether oxygens (including phenoxy) is 1. The first kappa shape index (κ1) is 20.8. The standard InChI is InChI=1S/C18H19F2N3O3S.H2S/c19-14-4-1-2-6-16(14)23-18-15(20)5-3-7-17(18)22(27(23,24)25)10-8-13-12-21-9-11-26-13;/h1-7,13,21H,8-12H2;1H2/t13-;/m0./s1. The molecule has 2 aromatic rings. The zero-order valence-electron chi connectivity index (χ0n) is 14.9. The van der Waals surface area contributed by atoms with Gasteiger partial charge in [-0.2, -0.15) is 21.9 Å². The first-order valence-electron chi connectivity index (χ1n) is 8.68. The number of nitrogens with one attached hydrogen (secondary N) is 1. The van der Waals surface area contributed by atoms with E-state index in [4.69, 9.17) is 4.74 Å². The van der Waals surface area contributed by atoms with E-state index < -0.39 is 21.8 Å². The van der Waals surface area contributed by atoms with Gasteiger partial charge in [0.1, 0.15) is 17.3 Å². The van der Waals surface area contributed by atoms with Gasteiger partial charge in [0.25, 0.3) is 0 Å². The number of para-hydroxylation sites is 2. The van der Waals surface area contributed by atoms with Gasteiger partial charge in [0, 0.05) is 19.6 Å². The van der Waals surface area contributed by atoms with Crippen molar-refractivity contribution in [3.05, 3.63) is 54.1 Å². The van der Waals surface area contributed by atoms with Crippen LogP contribution >= 0.6 is 13.5 Å². The van der Waals surface area contributed by atoms with Gasteiger partial charge in [-0.05, 0) is 30.7 Å². The molecule has 1 fully saturated rings. The van der Waals surface area contributed by atoms with Crippen LogP contribution in [0.5, 0.6) is 0 Å². The van der Waals surface area contributed by atoms with Crippen LogP contribution in [0.1, 0.15) is 6.42 Å². The van der Waals surface area contributed by atoms with E-state index in [9.17, 15) is 17.2 Å². The topological polar surface area (TPSA) is 61.9 Å². The summed E-state index contributed by atoms with van der Waals surface area (Å²) in [5.41, 5.74) is -0.172. The van der Waals surface area contributed by atoms with Crippen molar-refractivity contribution in [1.82, 2.24) is 5.32 Å². The molecule has 10 heteroatoms. The normalized spacial score (nSPS) is 20.6. The summed E-state index contributed by atoms with van der Waals surface area (Å²) in [6.07, 6.45) is 0.307. The van der Waals surface area contributed by atoms with Crippen LogP contribution in [0.15, 0.2) is 42.5 Å². The van der Waals surface area contributed by atoms with Gasteiger partial charge in [0.15, 0.2) is 0 Å². The van der Waals surface area contributed by atoms with E-state index in [1.54, 1.807) is 0 Å². The highest BCUT2D eigenvalue weighted by molar-refractivity contribution is 7.95. The van der Waals surface area contributed by atoms with Crippen LogP contribution < -0.4 is 13.9 Å². The minimum absolute atomic E-state index is 0. The smallest absolute Gasteiger partial charge is 0.331 e. The molecule has 0 aromatic heterocycles. The molecule has 2 aliphatic rings. The van der Waals surface area contributed by atoms with Gasteiger partial charge in [0.2, 0.25) is 0 Å². The maximum absolute atomic E-state index is 14.6. The Morgan fingerprint density at radius 2 is 1.79 bits per heavy atom. The molecule has 0 radical (unpaired) electrons. The van der Waals surface area contributed by atoms with Gasteiger partial charge in [-0.15, -0.1) is 0 Å². The Hall–Kier alpha value is -1.88. The largest absolute Gasteiger partial charge is 0.376 e. The summed E-state index contributed by atoms with van der Waals surface area (Å²) in [7, 11) is -4.18. The number of morpholine rings is 1. The lowest BCUT2D eigenvalue weighted by Crippen LogP contribution is -2.42. The molecule has 152 valence electrons. The molecule has 0 unspecified atom stereocenters. The Morgan fingerprint density at radius 3 is 2.50 bits per heavy atom. The van der Waals surface area contributed by atoms with Crippen LogP contribution in [-0.4, -0.2) is 40.8 Å². The minimum atomic E-state index is -4.18. The number of benzene rings is 2. The number of nitrogens with zero attached hydrogens (tertiary/aromatic N) is 2. The van der Waals surface area contributed by atoms with Gasteiger partial charge in [-0.1, -0.05) is 18.2 Å². The third-order valence-electron chi connectivity index (χ3n) is 4.68. The van der Waals surface area contributed by atoms with Crippen LogP contribution in [0, 0.1) is 11.6 Å². The van der Waals surface area contributed by atoms with Gasteiger partial charge in [-0.25, -0.2) is 13.1 Å². The highest BCUT2D eigenvalue weighted by Crippen LogP contribution is 2.47. The fourth-order valence-corrected chi connectivity index (χ4v) is 5.15. The molecule has 6 nitrogen and oxygen atoms in total. The summed E-state index contributed by atoms with van der Waals surface area (Å²) in [4.78, 5) is 0. The first-order valence-corrected chi connectivity index (χ1v) is 10.1. The molecule has 0 aliphatic carbocycles. The number of hydrogen-bond donors (Lipinski definition) is 1. The Morgan fingerprint density at radius 1 is 1.07 bits per heavy atom. The van der Waals surface area contributed by atoms with Gasteiger partial charge >= 0.3 is 10.2 Å². The second kappa shape index (κ2) is 8.24. The van der Waals surface area contributed by atoms with Crippen LogP contribution in [0.3, 0.4) is 0 Å². The van der Waals surface area contributed by atoms with Crippen molar-refractivity contribution < 1.29 is 21.9 Å². The van der Waals surface area contributed by atoms with Crippen molar-refractivity contribution in [2.24, 2.45) is 0 Å². The summed E-state index contributed by atoms with van der Waals surface area (Å²) in [5.74, 6) is -1.46. The molecule has 0 amide bonds. The molecule has 0 saturated carbocycles. The van der Waals surface area contributed by atoms with Gasteiger partial charge in [0.05, 0.1) is 24.1 Å². The number of hydrogen-bond acceptors (Lipinski definition) is 4. The molecule has 1 N–H and O–H groups in total. The molecule has 2 heterocycles. The molecular weight excluding hydrogens is 408 g/mol. The van der Waals surface area contributed by atoms with E-state index in [-0.39, 0.29) is 43.2 Å². The van der Waals surface area contributed by atoms with Crippen LogP contribution in [0.25, 0.3) is 0 Å². The summed E-state index contributed by atoms with van der Waals surface area (Å²) < 4.78 is 62.8. The predicted octanol–water partition coefficient (Wildman–Crippen LogP) is 2.66. The summed E-state index contributed by atoms with van der Waals surface area (Å²) in [5, 5.41) is 3.19. The average Bonchev–Trinajstić information content (AvgIpc) is 2.89. The van der Waals surface area contributed by atoms with Crippen molar-refractivity contribution in [2.75, 3.05) is 34.9 Å². The minimum Gasteiger partial charge on any atom is -0.376 e. The van der Waals surface area contributed by atoms with Crippen LogP contribution in [0.4, 0.5) is 25.8 Å². The molecular formula is C18H21F2N3O3S2. The van der Waals surface area contributed by atoms with Crippen LogP contribution in [0.2, 0.25) is 0 Å². The van der Waals surface area contributed by atoms with E-state index >= 15 is 0 Å². The Labute approximate surface area is 169 Å². The highest BCUT2D eigenvalue weighted by Gasteiger charge is 2.44. The molecule has 2 aromatic carbocycles. The fraction of sp³-hybridized carbons (Fsp3) is 0.333. The molecule has 2 aliphatic heterocycles. The zero-order valence-corrected chi connectivity index (χ0v) is 16.8. The molecule has 28 heavy (non-hydrogen) atoms. The SMILES string of the molecule is O=S1(=O)N(CC[C@H]2CNCCO2)c2cccc(F)c2N1c1ccccc1F.S. The molecule has 1 saturated heterocycles. The van der Waals surface area contributed by atoms with Gasteiger partial charge in [-0.3, -0.25) is 4.31 Å². The maximum Gasteiger partial charge on any atom is 0.331 e. The summed E-state index contributed by atoms with van der Waals surface area (Å²) in [6, 6.07) is 9.57. The third kappa shape index (κ3) is 3.57. The third-order valence-corrected chi connectivity index (χ3v) is 6.45. The average molecular weight is 430 g/mol. The number of halogens is 2. The monoisotopic (exact) mass is 429 g/mol. The number of fused-ring (bicyclic) bond motifs is 1. The Balaban J connectivity index is 0.00000225.